The number of carbonyl (C=O) groups is 1. The lowest BCUT2D eigenvalue weighted by molar-refractivity contribution is -0.116. The van der Waals surface area contributed by atoms with Gasteiger partial charge in [0.05, 0.1) is 5.69 Å². The second-order valence-corrected chi connectivity index (χ2v) is 5.37. The van der Waals surface area contributed by atoms with Crippen LogP contribution in [0.2, 0.25) is 0 Å². The molecule has 4 heteroatoms. The van der Waals surface area contributed by atoms with E-state index in [0.717, 1.165) is 23.5 Å². The van der Waals surface area contributed by atoms with Crippen molar-refractivity contribution in [3.8, 4) is 0 Å². The molecule has 0 saturated heterocycles. The van der Waals surface area contributed by atoms with E-state index in [-0.39, 0.29) is 11.8 Å². The number of nitrogens with one attached hydrogen (secondary N) is 1. The van der Waals surface area contributed by atoms with Crippen LogP contribution in [-0.4, -0.2) is 15.7 Å². The van der Waals surface area contributed by atoms with Crippen molar-refractivity contribution in [2.75, 3.05) is 5.32 Å². The van der Waals surface area contributed by atoms with Crippen molar-refractivity contribution in [2.24, 2.45) is 7.05 Å². The van der Waals surface area contributed by atoms with Gasteiger partial charge in [-0.05, 0) is 24.5 Å². The Morgan fingerprint density at radius 1 is 1.35 bits per heavy atom. The number of amides is 1. The van der Waals surface area contributed by atoms with E-state index in [1.54, 1.807) is 4.68 Å². The molecule has 0 unspecified atom stereocenters. The number of hydrogen-bond acceptors (Lipinski definition) is 2. The molecule has 1 amide bonds. The molecule has 104 valence electrons. The first-order valence-electron chi connectivity index (χ1n) is 7.02. The molecule has 1 N–H and O–H groups in total. The van der Waals surface area contributed by atoms with E-state index in [2.05, 4.69) is 41.6 Å². The van der Waals surface area contributed by atoms with Gasteiger partial charge in [0.2, 0.25) is 5.91 Å². The maximum atomic E-state index is 11.9. The Morgan fingerprint density at radius 3 is 2.70 bits per heavy atom. The highest BCUT2D eigenvalue weighted by molar-refractivity contribution is 5.94. The summed E-state index contributed by atoms with van der Waals surface area (Å²) in [6.07, 6.45) is 1.52. The minimum atomic E-state index is 0.0602. The zero-order chi connectivity index (χ0) is 14.3. The minimum absolute atomic E-state index is 0.0602. The topological polar surface area (TPSA) is 46.9 Å². The van der Waals surface area contributed by atoms with Crippen LogP contribution in [0.25, 0.3) is 0 Å². The third kappa shape index (κ3) is 2.01. The van der Waals surface area contributed by atoms with Gasteiger partial charge in [-0.15, -0.1) is 0 Å². The summed E-state index contributed by atoms with van der Waals surface area (Å²) >= 11 is 0. The van der Waals surface area contributed by atoms with Gasteiger partial charge in [0.15, 0.2) is 0 Å². The Morgan fingerprint density at radius 2 is 2.05 bits per heavy atom. The largest absolute Gasteiger partial charge is 0.311 e. The maximum absolute atomic E-state index is 11.9. The Balaban J connectivity index is 2.07. The summed E-state index contributed by atoms with van der Waals surface area (Å²) in [5, 5.41) is 7.37. The standard InChI is InChI=1S/C16H19N3O/c1-4-11-5-7-12(8-6-11)13-9-14(20)17-16-15(13)10(2)18-19(16)3/h5-8,13H,4,9H2,1-3H3,(H,17,20)/t13-/m1/s1. The van der Waals surface area contributed by atoms with E-state index < -0.39 is 0 Å². The molecule has 0 spiro atoms. The summed E-state index contributed by atoms with van der Waals surface area (Å²) < 4.78 is 1.76. The van der Waals surface area contributed by atoms with Crippen LogP contribution >= 0.6 is 0 Å². The highest BCUT2D eigenvalue weighted by Crippen LogP contribution is 2.38. The second kappa shape index (κ2) is 4.78. The second-order valence-electron chi connectivity index (χ2n) is 5.37. The fourth-order valence-corrected chi connectivity index (χ4v) is 2.98. The van der Waals surface area contributed by atoms with Crippen LogP contribution in [0.3, 0.4) is 0 Å². The van der Waals surface area contributed by atoms with Crippen molar-refractivity contribution >= 4 is 11.7 Å². The average molecular weight is 269 g/mol. The first-order valence-corrected chi connectivity index (χ1v) is 7.02. The van der Waals surface area contributed by atoms with E-state index in [4.69, 9.17) is 0 Å². The number of aryl methyl sites for hydroxylation is 3. The lowest BCUT2D eigenvalue weighted by Gasteiger charge is -2.24. The van der Waals surface area contributed by atoms with Gasteiger partial charge in [-0.1, -0.05) is 31.2 Å². The van der Waals surface area contributed by atoms with Gasteiger partial charge >= 0.3 is 0 Å². The number of hydrogen-bond donors (Lipinski definition) is 1. The van der Waals surface area contributed by atoms with Gasteiger partial charge in [-0.25, -0.2) is 0 Å². The van der Waals surface area contributed by atoms with Crippen molar-refractivity contribution in [1.82, 2.24) is 9.78 Å². The van der Waals surface area contributed by atoms with Gasteiger partial charge in [0, 0.05) is 24.9 Å². The molecule has 1 aliphatic rings. The molecule has 0 saturated carbocycles. The number of rotatable bonds is 2. The zero-order valence-corrected chi connectivity index (χ0v) is 12.1. The van der Waals surface area contributed by atoms with Crippen LogP contribution in [0.4, 0.5) is 5.82 Å². The summed E-state index contributed by atoms with van der Waals surface area (Å²) in [5.74, 6) is 1.01. The summed E-state index contributed by atoms with van der Waals surface area (Å²) in [6, 6.07) is 8.57. The summed E-state index contributed by atoms with van der Waals surface area (Å²) in [5.41, 5.74) is 4.65. The number of benzene rings is 1. The molecule has 3 rings (SSSR count). The molecule has 0 fully saturated rings. The van der Waals surface area contributed by atoms with Crippen LogP contribution in [0.5, 0.6) is 0 Å². The Bertz CT molecular complexity index is 655. The van der Waals surface area contributed by atoms with Gasteiger partial charge in [-0.2, -0.15) is 5.10 Å². The van der Waals surface area contributed by atoms with Crippen LogP contribution in [0.15, 0.2) is 24.3 Å². The van der Waals surface area contributed by atoms with Gasteiger partial charge in [0.1, 0.15) is 5.82 Å². The van der Waals surface area contributed by atoms with Crippen LogP contribution < -0.4 is 5.32 Å². The van der Waals surface area contributed by atoms with Gasteiger partial charge in [0.25, 0.3) is 0 Å². The average Bonchev–Trinajstić information content (AvgIpc) is 2.73. The van der Waals surface area contributed by atoms with Crippen molar-refractivity contribution in [2.45, 2.75) is 32.6 Å². The minimum Gasteiger partial charge on any atom is -0.311 e. The van der Waals surface area contributed by atoms with Crippen LogP contribution in [0.1, 0.15) is 41.6 Å². The molecule has 1 aromatic heterocycles. The van der Waals surface area contributed by atoms with Crippen molar-refractivity contribution in [3.63, 3.8) is 0 Å². The molecular formula is C16H19N3O. The molecule has 1 aromatic carbocycles. The van der Waals surface area contributed by atoms with Crippen LogP contribution in [-0.2, 0) is 18.3 Å². The number of carbonyl (C=O) groups excluding carboxylic acids is 1. The molecule has 4 nitrogen and oxygen atoms in total. The van der Waals surface area contributed by atoms with Crippen LogP contribution in [0, 0.1) is 6.92 Å². The SMILES string of the molecule is CCc1ccc([C@H]2CC(=O)Nc3c2c(C)nn3C)cc1. The third-order valence-corrected chi connectivity index (χ3v) is 4.05. The normalized spacial score (nSPS) is 17.8. The fraction of sp³-hybridized carbons (Fsp3) is 0.375. The van der Waals surface area contributed by atoms with Crippen molar-refractivity contribution < 1.29 is 4.79 Å². The summed E-state index contributed by atoms with van der Waals surface area (Å²) in [4.78, 5) is 11.9. The Kier molecular flexibility index (Phi) is 3.08. The Hall–Kier alpha value is -2.10. The van der Waals surface area contributed by atoms with Gasteiger partial charge < -0.3 is 5.32 Å². The first-order chi connectivity index (χ1) is 9.60. The number of fused-ring (bicyclic) bond motifs is 1. The highest BCUT2D eigenvalue weighted by Gasteiger charge is 2.31. The summed E-state index contributed by atoms with van der Waals surface area (Å²) in [6.45, 7) is 4.15. The monoisotopic (exact) mass is 269 g/mol. The van der Waals surface area contributed by atoms with Crippen molar-refractivity contribution in [3.05, 3.63) is 46.6 Å². The highest BCUT2D eigenvalue weighted by atomic mass is 16.1. The molecule has 0 bridgehead atoms. The molecule has 20 heavy (non-hydrogen) atoms. The van der Waals surface area contributed by atoms with E-state index in [1.807, 2.05) is 14.0 Å². The third-order valence-electron chi connectivity index (χ3n) is 4.05. The smallest absolute Gasteiger partial charge is 0.226 e. The molecule has 1 atom stereocenters. The molecule has 0 radical (unpaired) electrons. The van der Waals surface area contributed by atoms with Gasteiger partial charge in [-0.3, -0.25) is 9.48 Å². The van der Waals surface area contributed by atoms with E-state index in [1.165, 1.54) is 11.1 Å². The van der Waals surface area contributed by atoms with E-state index in [0.29, 0.717) is 6.42 Å². The molecular weight excluding hydrogens is 250 g/mol. The number of aromatic nitrogens is 2. The predicted molar refractivity (Wildman–Crippen MR) is 78.9 cm³/mol. The number of nitrogens with zero attached hydrogens (tertiary/aromatic N) is 2. The number of anilines is 1. The molecule has 2 heterocycles. The lowest BCUT2D eigenvalue weighted by atomic mass is 9.85. The first kappa shape index (κ1) is 12.9. The predicted octanol–water partition coefficient (Wildman–Crippen LogP) is 2.77. The van der Waals surface area contributed by atoms with E-state index >= 15 is 0 Å². The summed E-state index contributed by atoms with van der Waals surface area (Å²) in [7, 11) is 1.87. The quantitative estimate of drug-likeness (QED) is 0.911. The molecule has 1 aliphatic heterocycles. The van der Waals surface area contributed by atoms with E-state index in [9.17, 15) is 4.79 Å². The zero-order valence-electron chi connectivity index (χ0n) is 12.1. The van der Waals surface area contributed by atoms with Crippen molar-refractivity contribution in [1.29, 1.82) is 0 Å². The lowest BCUT2D eigenvalue weighted by Crippen LogP contribution is -2.24. The molecule has 0 aliphatic carbocycles. The maximum Gasteiger partial charge on any atom is 0.226 e. The fourth-order valence-electron chi connectivity index (χ4n) is 2.98. The Labute approximate surface area is 118 Å². The molecule has 2 aromatic rings.